The Bertz CT molecular complexity index is 690. The maximum atomic E-state index is 4.63. The highest BCUT2D eigenvalue weighted by molar-refractivity contribution is 7.15. The number of fused-ring (bicyclic) bond motifs is 1. The number of aromatic nitrogens is 3. The molecule has 0 radical (unpaired) electrons. The monoisotopic (exact) mass is 286 g/mol. The molecule has 0 saturated heterocycles. The molecule has 1 aliphatic rings. The van der Waals surface area contributed by atoms with E-state index in [1.807, 2.05) is 0 Å². The van der Waals surface area contributed by atoms with Gasteiger partial charge in [-0.05, 0) is 37.4 Å². The molecule has 20 heavy (non-hydrogen) atoms. The summed E-state index contributed by atoms with van der Waals surface area (Å²) in [6.45, 7) is 0.843. The van der Waals surface area contributed by atoms with E-state index in [-0.39, 0.29) is 0 Å². The Morgan fingerprint density at radius 2 is 2.30 bits per heavy atom. The zero-order valence-electron chi connectivity index (χ0n) is 11.5. The van der Waals surface area contributed by atoms with Crippen molar-refractivity contribution in [3.05, 3.63) is 47.5 Å². The van der Waals surface area contributed by atoms with Crippen LogP contribution in [0.1, 0.15) is 30.1 Å². The number of imidazole rings is 1. The van der Waals surface area contributed by atoms with Crippen molar-refractivity contribution in [1.29, 1.82) is 0 Å². The summed E-state index contributed by atoms with van der Waals surface area (Å²) in [7, 11) is 2.06. The van der Waals surface area contributed by atoms with Gasteiger partial charge in [0.15, 0.2) is 4.96 Å². The van der Waals surface area contributed by atoms with Gasteiger partial charge in [-0.3, -0.25) is 4.40 Å². The zero-order valence-corrected chi connectivity index (χ0v) is 12.3. The third kappa shape index (κ3) is 2.17. The molecule has 4 nitrogen and oxygen atoms in total. The van der Waals surface area contributed by atoms with E-state index in [4.69, 9.17) is 0 Å². The number of hydrogen-bond donors (Lipinski definition) is 1. The summed E-state index contributed by atoms with van der Waals surface area (Å²) in [6.07, 6.45) is 11.3. The quantitative estimate of drug-likeness (QED) is 0.782. The first-order valence-electron chi connectivity index (χ1n) is 7.07. The lowest BCUT2D eigenvalue weighted by Gasteiger charge is -2.13. The summed E-state index contributed by atoms with van der Waals surface area (Å²) in [6, 6.07) is 2.75. The minimum Gasteiger partial charge on any atom is -0.348 e. The maximum Gasteiger partial charge on any atom is 0.193 e. The number of hydrogen-bond acceptors (Lipinski definition) is 3. The summed E-state index contributed by atoms with van der Waals surface area (Å²) in [5.41, 5.74) is 2.52. The number of nitrogens with zero attached hydrogens (tertiary/aromatic N) is 3. The Morgan fingerprint density at radius 1 is 1.40 bits per heavy atom. The first kappa shape index (κ1) is 12.2. The van der Waals surface area contributed by atoms with Gasteiger partial charge >= 0.3 is 0 Å². The van der Waals surface area contributed by atoms with Gasteiger partial charge in [0.1, 0.15) is 0 Å². The van der Waals surface area contributed by atoms with Crippen LogP contribution < -0.4 is 5.32 Å². The average molecular weight is 286 g/mol. The number of thiazole rings is 1. The van der Waals surface area contributed by atoms with Crippen LogP contribution in [0, 0.1) is 5.92 Å². The van der Waals surface area contributed by atoms with E-state index < -0.39 is 0 Å². The average Bonchev–Trinajstić information content (AvgIpc) is 2.84. The molecule has 1 atom stereocenters. The first-order chi connectivity index (χ1) is 9.83. The Hall–Kier alpha value is -1.59. The van der Waals surface area contributed by atoms with Crippen LogP contribution in [0.25, 0.3) is 4.96 Å². The molecule has 0 aliphatic heterocycles. The van der Waals surface area contributed by atoms with Crippen LogP contribution in [0.4, 0.5) is 0 Å². The lowest BCUT2D eigenvalue weighted by molar-refractivity contribution is 0.528. The highest BCUT2D eigenvalue weighted by Crippen LogP contribution is 2.40. The second-order valence-corrected chi connectivity index (χ2v) is 6.42. The molecule has 0 amide bonds. The van der Waals surface area contributed by atoms with Crippen molar-refractivity contribution in [3.8, 4) is 0 Å². The van der Waals surface area contributed by atoms with Crippen LogP contribution in [0.3, 0.4) is 0 Å². The van der Waals surface area contributed by atoms with Crippen molar-refractivity contribution >= 4 is 16.3 Å². The first-order valence-corrected chi connectivity index (χ1v) is 7.95. The summed E-state index contributed by atoms with van der Waals surface area (Å²) in [5, 5.41) is 5.51. The van der Waals surface area contributed by atoms with Gasteiger partial charge in [0.25, 0.3) is 0 Å². The summed E-state index contributed by atoms with van der Waals surface area (Å²) < 4.78 is 4.32. The fourth-order valence-corrected chi connectivity index (χ4v) is 3.60. The van der Waals surface area contributed by atoms with Gasteiger partial charge in [-0.2, -0.15) is 0 Å². The summed E-state index contributed by atoms with van der Waals surface area (Å²) in [5.74, 6) is 0.828. The molecule has 1 saturated carbocycles. The molecule has 4 rings (SSSR count). The van der Waals surface area contributed by atoms with E-state index in [9.17, 15) is 0 Å². The molecular weight excluding hydrogens is 268 g/mol. The Labute approximate surface area is 122 Å². The molecule has 1 unspecified atom stereocenters. The van der Waals surface area contributed by atoms with Gasteiger partial charge in [-0.15, -0.1) is 11.3 Å². The maximum absolute atomic E-state index is 4.63. The van der Waals surface area contributed by atoms with Crippen LogP contribution in [0.15, 0.2) is 36.2 Å². The van der Waals surface area contributed by atoms with Crippen molar-refractivity contribution in [2.45, 2.75) is 25.4 Å². The zero-order chi connectivity index (χ0) is 13.5. The van der Waals surface area contributed by atoms with E-state index in [0.29, 0.717) is 6.04 Å². The standard InChI is InChI=1S/C15H18N4S/c1-16-14(11-2-3-11)12-4-5-18(8-12)9-13-10-19-6-7-20-15(19)17-13/h4-8,10-11,14,16H,2-3,9H2,1H3. The Morgan fingerprint density at radius 3 is 3.05 bits per heavy atom. The van der Waals surface area contributed by atoms with Crippen LogP contribution in [-0.4, -0.2) is 21.0 Å². The predicted octanol–water partition coefficient (Wildman–Crippen LogP) is 2.92. The number of nitrogens with one attached hydrogen (secondary N) is 1. The minimum absolute atomic E-state index is 0.516. The topological polar surface area (TPSA) is 34.3 Å². The third-order valence-corrected chi connectivity index (χ3v) is 4.80. The molecule has 3 heterocycles. The van der Waals surface area contributed by atoms with Crippen molar-refractivity contribution in [3.63, 3.8) is 0 Å². The Balaban J connectivity index is 1.54. The van der Waals surface area contributed by atoms with Gasteiger partial charge in [-0.25, -0.2) is 4.98 Å². The van der Waals surface area contributed by atoms with Gasteiger partial charge < -0.3 is 9.88 Å². The smallest absolute Gasteiger partial charge is 0.193 e. The fraction of sp³-hybridized carbons (Fsp3) is 0.400. The molecule has 3 aromatic rings. The minimum atomic E-state index is 0.516. The molecular formula is C15H18N4S. The van der Waals surface area contributed by atoms with Crippen molar-refractivity contribution in [2.75, 3.05) is 7.05 Å². The lowest BCUT2D eigenvalue weighted by atomic mass is 10.1. The second-order valence-electron chi connectivity index (χ2n) is 5.55. The second kappa shape index (κ2) is 4.75. The lowest BCUT2D eigenvalue weighted by Crippen LogP contribution is -2.17. The Kier molecular flexibility index (Phi) is 2.89. The van der Waals surface area contributed by atoms with Gasteiger partial charge in [0, 0.05) is 36.2 Å². The van der Waals surface area contributed by atoms with E-state index in [1.54, 1.807) is 11.3 Å². The van der Waals surface area contributed by atoms with Gasteiger partial charge in [0.05, 0.1) is 12.2 Å². The molecule has 3 aromatic heterocycles. The highest BCUT2D eigenvalue weighted by Gasteiger charge is 2.31. The molecule has 104 valence electrons. The van der Waals surface area contributed by atoms with E-state index in [0.717, 1.165) is 23.1 Å². The molecule has 0 bridgehead atoms. The fourth-order valence-electron chi connectivity index (χ4n) is 2.89. The van der Waals surface area contributed by atoms with Crippen LogP contribution >= 0.6 is 11.3 Å². The molecule has 5 heteroatoms. The largest absolute Gasteiger partial charge is 0.348 e. The molecule has 0 spiro atoms. The van der Waals surface area contributed by atoms with Crippen LogP contribution in [0.2, 0.25) is 0 Å². The van der Waals surface area contributed by atoms with Gasteiger partial charge in [0.2, 0.25) is 0 Å². The number of rotatable bonds is 5. The summed E-state index contributed by atoms with van der Waals surface area (Å²) >= 11 is 1.68. The molecule has 1 fully saturated rings. The molecule has 0 aromatic carbocycles. The van der Waals surface area contributed by atoms with Crippen LogP contribution in [-0.2, 0) is 6.54 Å². The normalized spacial score (nSPS) is 16.9. The van der Waals surface area contributed by atoms with E-state index in [1.165, 1.54) is 18.4 Å². The van der Waals surface area contributed by atoms with Crippen molar-refractivity contribution in [1.82, 2.24) is 19.3 Å². The SMILES string of the molecule is CNC(c1ccn(Cc2cn3ccsc3n2)c1)C1CC1. The van der Waals surface area contributed by atoms with E-state index >= 15 is 0 Å². The molecule has 1 aliphatic carbocycles. The van der Waals surface area contributed by atoms with E-state index in [2.05, 4.69) is 62.6 Å². The van der Waals surface area contributed by atoms with Crippen molar-refractivity contribution < 1.29 is 0 Å². The predicted molar refractivity (Wildman–Crippen MR) is 81.1 cm³/mol. The van der Waals surface area contributed by atoms with Crippen LogP contribution in [0.5, 0.6) is 0 Å². The third-order valence-electron chi connectivity index (χ3n) is 4.02. The highest BCUT2D eigenvalue weighted by atomic mass is 32.1. The van der Waals surface area contributed by atoms with Gasteiger partial charge in [-0.1, -0.05) is 0 Å². The summed E-state index contributed by atoms with van der Waals surface area (Å²) in [4.78, 5) is 5.70. The molecule has 1 N–H and O–H groups in total. The van der Waals surface area contributed by atoms with Crippen molar-refractivity contribution in [2.24, 2.45) is 5.92 Å².